The highest BCUT2D eigenvalue weighted by Crippen LogP contribution is 2.00. The van der Waals surface area contributed by atoms with Crippen molar-refractivity contribution in [2.45, 2.75) is 5.03 Å². The van der Waals surface area contributed by atoms with Crippen LogP contribution in [0.4, 0.5) is 0 Å². The van der Waals surface area contributed by atoms with E-state index in [4.69, 9.17) is 0 Å². The fraction of sp³-hybridized carbons (Fsp3) is 0.333. The van der Waals surface area contributed by atoms with Crippen LogP contribution in [0.1, 0.15) is 0 Å². The van der Waals surface area contributed by atoms with Crippen molar-refractivity contribution in [1.29, 1.82) is 0 Å². The van der Waals surface area contributed by atoms with E-state index in [-0.39, 0.29) is 10.9 Å². The normalized spacial score (nSPS) is 10.1. The van der Waals surface area contributed by atoms with Crippen molar-refractivity contribution in [3.63, 3.8) is 0 Å². The topological polar surface area (TPSA) is 25.8 Å². The van der Waals surface area contributed by atoms with Crippen molar-refractivity contribution < 1.29 is 0 Å². The molecule has 0 bridgehead atoms. The van der Waals surface area contributed by atoms with Gasteiger partial charge in [-0.05, 0) is 0 Å². The van der Waals surface area contributed by atoms with Crippen molar-refractivity contribution in [1.82, 2.24) is 9.97 Å². The fourth-order valence-corrected chi connectivity index (χ4v) is 1.11. The average molecular weight is 141 g/mol. The highest BCUT2D eigenvalue weighted by atomic mass is 32.2. The van der Waals surface area contributed by atoms with Crippen LogP contribution in [0.2, 0.25) is 0 Å². The number of nitrogens with zero attached hydrogens (tertiary/aromatic N) is 2. The predicted octanol–water partition coefficient (Wildman–Crippen LogP) is 0.713. The van der Waals surface area contributed by atoms with Gasteiger partial charge in [-0.1, -0.05) is 0 Å². The predicted molar refractivity (Wildman–Crippen MR) is 39.5 cm³/mol. The van der Waals surface area contributed by atoms with E-state index in [0.717, 1.165) is 5.03 Å². The van der Waals surface area contributed by atoms with Gasteiger partial charge < -0.3 is 0 Å². The second kappa shape index (κ2) is 2.82. The Balaban J connectivity index is 2.85. The summed E-state index contributed by atoms with van der Waals surface area (Å²) in [6.45, 7) is 0. The van der Waals surface area contributed by atoms with E-state index in [1.54, 1.807) is 12.5 Å². The van der Waals surface area contributed by atoms with Crippen molar-refractivity contribution in [3.05, 3.63) is 18.6 Å². The number of hydrogen-bond acceptors (Lipinski definition) is 2. The van der Waals surface area contributed by atoms with E-state index in [1.807, 2.05) is 6.07 Å². The van der Waals surface area contributed by atoms with Crippen LogP contribution in [0.25, 0.3) is 0 Å². The largest absolute Gasteiger partial charge is 0.249 e. The first-order valence-electron chi connectivity index (χ1n) is 2.64. The average Bonchev–Trinajstić information content (AvgIpc) is 1.90. The molecule has 0 amide bonds. The Bertz CT molecular complexity index is 174. The van der Waals surface area contributed by atoms with Gasteiger partial charge in [0, 0.05) is 23.2 Å². The molecule has 1 aromatic heterocycles. The lowest BCUT2D eigenvalue weighted by Crippen LogP contribution is -1.98. The van der Waals surface area contributed by atoms with Gasteiger partial charge in [0.1, 0.15) is 18.8 Å². The highest BCUT2D eigenvalue weighted by molar-refractivity contribution is 7.95. The molecule has 0 spiro atoms. The Morgan fingerprint density at radius 2 is 2.22 bits per heavy atom. The molecule has 0 unspecified atom stereocenters. The fourth-order valence-electron chi connectivity index (χ4n) is 0.520. The van der Waals surface area contributed by atoms with E-state index >= 15 is 0 Å². The summed E-state index contributed by atoms with van der Waals surface area (Å²) in [7, 11) is 0.270. The first-order valence-corrected chi connectivity index (χ1v) is 4.68. The van der Waals surface area contributed by atoms with Gasteiger partial charge in [-0.15, -0.1) is 0 Å². The Kier molecular flexibility index (Phi) is 2.05. The molecular formula is C6H9N2S+. The van der Waals surface area contributed by atoms with Crippen molar-refractivity contribution in [2.75, 3.05) is 12.5 Å². The monoisotopic (exact) mass is 141 g/mol. The van der Waals surface area contributed by atoms with E-state index in [1.165, 1.54) is 0 Å². The number of aromatic nitrogens is 2. The lowest BCUT2D eigenvalue weighted by atomic mass is 10.7. The van der Waals surface area contributed by atoms with E-state index in [9.17, 15) is 0 Å². The molecular weight excluding hydrogens is 132 g/mol. The van der Waals surface area contributed by atoms with Crippen LogP contribution in [0.3, 0.4) is 0 Å². The van der Waals surface area contributed by atoms with Gasteiger partial charge in [-0.2, -0.15) is 4.98 Å². The minimum atomic E-state index is 0.270. The maximum atomic E-state index is 4.08. The van der Waals surface area contributed by atoms with Crippen LogP contribution in [-0.2, 0) is 10.9 Å². The molecule has 9 heavy (non-hydrogen) atoms. The SMILES string of the molecule is C[S+](C)c1ccncn1. The van der Waals surface area contributed by atoms with Crippen LogP contribution in [0.5, 0.6) is 0 Å². The molecule has 0 atom stereocenters. The third-order valence-electron chi connectivity index (χ3n) is 0.973. The molecule has 0 aliphatic carbocycles. The highest BCUT2D eigenvalue weighted by Gasteiger charge is 2.06. The minimum absolute atomic E-state index is 0.270. The zero-order valence-electron chi connectivity index (χ0n) is 5.53. The molecule has 1 aromatic rings. The molecule has 0 saturated heterocycles. The van der Waals surface area contributed by atoms with E-state index < -0.39 is 0 Å². The maximum Gasteiger partial charge on any atom is 0.249 e. The van der Waals surface area contributed by atoms with Gasteiger partial charge in [0.05, 0.1) is 0 Å². The number of rotatable bonds is 1. The van der Waals surface area contributed by atoms with Crippen LogP contribution < -0.4 is 0 Å². The second-order valence-corrected chi connectivity index (χ2v) is 3.92. The summed E-state index contributed by atoms with van der Waals surface area (Å²) in [4.78, 5) is 7.90. The quantitative estimate of drug-likeness (QED) is 0.425. The standard InChI is InChI=1S/C6H9N2S/c1-9(2)6-3-4-7-5-8-6/h3-5H,1-2H3/q+1. The van der Waals surface area contributed by atoms with Crippen LogP contribution >= 0.6 is 0 Å². The van der Waals surface area contributed by atoms with Crippen LogP contribution in [0, 0.1) is 0 Å². The van der Waals surface area contributed by atoms with E-state index in [0.29, 0.717) is 0 Å². The van der Waals surface area contributed by atoms with Gasteiger partial charge >= 0.3 is 0 Å². The van der Waals surface area contributed by atoms with Crippen molar-refractivity contribution in [2.24, 2.45) is 0 Å². The van der Waals surface area contributed by atoms with Crippen molar-refractivity contribution >= 4 is 10.9 Å². The maximum absolute atomic E-state index is 4.08. The molecule has 0 saturated carbocycles. The van der Waals surface area contributed by atoms with Gasteiger partial charge in [-0.25, -0.2) is 4.98 Å². The molecule has 0 radical (unpaired) electrons. The molecule has 48 valence electrons. The summed E-state index contributed by atoms with van der Waals surface area (Å²) in [5.74, 6) is 0. The molecule has 3 heteroatoms. The van der Waals surface area contributed by atoms with Gasteiger partial charge in [0.2, 0.25) is 5.03 Å². The van der Waals surface area contributed by atoms with Gasteiger partial charge in [-0.3, -0.25) is 0 Å². The summed E-state index contributed by atoms with van der Waals surface area (Å²) in [5.41, 5.74) is 0. The zero-order chi connectivity index (χ0) is 6.69. The third kappa shape index (κ3) is 1.68. The first-order chi connectivity index (χ1) is 4.30. The van der Waals surface area contributed by atoms with Gasteiger partial charge in [0.15, 0.2) is 0 Å². The summed E-state index contributed by atoms with van der Waals surface area (Å²) in [6, 6.07) is 1.95. The second-order valence-electron chi connectivity index (χ2n) is 1.86. The Morgan fingerprint density at radius 1 is 1.44 bits per heavy atom. The van der Waals surface area contributed by atoms with Gasteiger partial charge in [0.25, 0.3) is 0 Å². The summed E-state index contributed by atoms with van der Waals surface area (Å²) >= 11 is 0. The molecule has 0 aliphatic heterocycles. The molecule has 0 N–H and O–H groups in total. The Labute approximate surface area is 57.7 Å². The zero-order valence-corrected chi connectivity index (χ0v) is 6.35. The third-order valence-corrected chi connectivity index (χ3v) is 2.05. The number of hydrogen-bond donors (Lipinski definition) is 0. The lowest BCUT2D eigenvalue weighted by Gasteiger charge is -1.90. The Morgan fingerprint density at radius 3 is 2.56 bits per heavy atom. The Hall–Kier alpha value is -0.570. The summed E-state index contributed by atoms with van der Waals surface area (Å²) in [6.07, 6.45) is 7.64. The summed E-state index contributed by atoms with van der Waals surface area (Å²) < 4.78 is 0. The van der Waals surface area contributed by atoms with Crippen LogP contribution in [0.15, 0.2) is 23.6 Å². The molecule has 1 rings (SSSR count). The minimum Gasteiger partial charge on any atom is -0.244 e. The lowest BCUT2D eigenvalue weighted by molar-refractivity contribution is 1.04. The molecule has 1 heterocycles. The molecule has 2 nitrogen and oxygen atoms in total. The molecule has 0 aromatic carbocycles. The van der Waals surface area contributed by atoms with Crippen LogP contribution in [-0.4, -0.2) is 22.5 Å². The molecule has 0 fully saturated rings. The molecule has 0 aliphatic rings. The van der Waals surface area contributed by atoms with E-state index in [2.05, 4.69) is 22.5 Å². The van der Waals surface area contributed by atoms with Crippen molar-refractivity contribution in [3.8, 4) is 0 Å². The smallest absolute Gasteiger partial charge is 0.244 e. The first kappa shape index (κ1) is 6.55. The summed E-state index contributed by atoms with van der Waals surface area (Å²) in [5, 5.41) is 1.13.